The fourth-order valence-corrected chi connectivity index (χ4v) is 2.52. The molecule has 0 bridgehead atoms. The quantitative estimate of drug-likeness (QED) is 0.399. The van der Waals surface area contributed by atoms with Crippen LogP contribution >= 0.6 is 23.2 Å². The highest BCUT2D eigenvalue weighted by molar-refractivity contribution is 6.35. The van der Waals surface area contributed by atoms with Gasteiger partial charge in [-0.2, -0.15) is 0 Å². The van der Waals surface area contributed by atoms with Gasteiger partial charge in [0.25, 0.3) is 0 Å². The van der Waals surface area contributed by atoms with Gasteiger partial charge < -0.3 is 16.0 Å². The third-order valence-corrected chi connectivity index (χ3v) is 4.09. The SMILES string of the molecule is CN=C(NCCCC(=O)NC1CC1)NCc1ccc(Cl)cc1Cl. The van der Waals surface area contributed by atoms with Crippen LogP contribution in [0.15, 0.2) is 23.2 Å². The van der Waals surface area contributed by atoms with Crippen LogP contribution in [0, 0.1) is 0 Å². The molecule has 1 aliphatic rings. The molecular formula is C16H22Cl2N4O. The zero-order valence-corrected chi connectivity index (χ0v) is 14.7. The average Bonchev–Trinajstić information content (AvgIpc) is 3.32. The van der Waals surface area contributed by atoms with Gasteiger partial charge in [-0.25, -0.2) is 0 Å². The van der Waals surface area contributed by atoms with E-state index >= 15 is 0 Å². The average molecular weight is 357 g/mol. The van der Waals surface area contributed by atoms with E-state index < -0.39 is 0 Å². The van der Waals surface area contributed by atoms with Crippen molar-refractivity contribution in [1.82, 2.24) is 16.0 Å². The Morgan fingerprint density at radius 2 is 2.09 bits per heavy atom. The first kappa shape index (κ1) is 17.9. The molecule has 1 saturated carbocycles. The minimum absolute atomic E-state index is 0.130. The highest BCUT2D eigenvalue weighted by Crippen LogP contribution is 2.20. The largest absolute Gasteiger partial charge is 0.356 e. The maximum atomic E-state index is 11.6. The molecule has 1 aromatic rings. The molecule has 0 radical (unpaired) electrons. The number of hydrogen-bond donors (Lipinski definition) is 3. The van der Waals surface area contributed by atoms with Crippen molar-refractivity contribution < 1.29 is 4.79 Å². The predicted octanol–water partition coefficient (Wildman–Crippen LogP) is 2.72. The van der Waals surface area contributed by atoms with Crippen molar-refractivity contribution >= 4 is 35.1 Å². The molecular weight excluding hydrogens is 335 g/mol. The zero-order chi connectivity index (χ0) is 16.7. The van der Waals surface area contributed by atoms with E-state index in [0.717, 1.165) is 24.8 Å². The molecule has 1 aliphatic carbocycles. The first-order valence-electron chi connectivity index (χ1n) is 7.76. The first-order valence-corrected chi connectivity index (χ1v) is 8.52. The van der Waals surface area contributed by atoms with E-state index in [1.807, 2.05) is 6.07 Å². The van der Waals surface area contributed by atoms with Crippen molar-refractivity contribution in [3.63, 3.8) is 0 Å². The van der Waals surface area contributed by atoms with E-state index in [1.54, 1.807) is 19.2 Å². The molecule has 0 saturated heterocycles. The lowest BCUT2D eigenvalue weighted by atomic mass is 10.2. The summed E-state index contributed by atoms with van der Waals surface area (Å²) < 4.78 is 0. The zero-order valence-electron chi connectivity index (χ0n) is 13.2. The Kier molecular flexibility index (Phi) is 6.99. The van der Waals surface area contributed by atoms with Gasteiger partial charge in [-0.05, 0) is 37.0 Å². The van der Waals surface area contributed by atoms with Crippen molar-refractivity contribution in [3.05, 3.63) is 33.8 Å². The van der Waals surface area contributed by atoms with Gasteiger partial charge in [0.1, 0.15) is 0 Å². The molecule has 2 rings (SSSR count). The minimum Gasteiger partial charge on any atom is -0.356 e. The van der Waals surface area contributed by atoms with Gasteiger partial charge in [0.2, 0.25) is 5.91 Å². The summed E-state index contributed by atoms with van der Waals surface area (Å²) in [6.07, 6.45) is 3.53. The molecule has 23 heavy (non-hydrogen) atoms. The number of amides is 1. The summed E-state index contributed by atoms with van der Waals surface area (Å²) in [6.45, 7) is 1.24. The Hall–Kier alpha value is -1.46. The van der Waals surface area contributed by atoms with Gasteiger partial charge in [-0.1, -0.05) is 29.3 Å². The van der Waals surface area contributed by atoms with Crippen LogP contribution in [0.25, 0.3) is 0 Å². The lowest BCUT2D eigenvalue weighted by molar-refractivity contribution is -0.121. The van der Waals surface area contributed by atoms with Gasteiger partial charge in [0, 0.05) is 42.6 Å². The van der Waals surface area contributed by atoms with Crippen LogP contribution in [0.1, 0.15) is 31.2 Å². The van der Waals surface area contributed by atoms with Crippen molar-refractivity contribution in [2.75, 3.05) is 13.6 Å². The van der Waals surface area contributed by atoms with E-state index in [9.17, 15) is 4.79 Å². The number of guanidine groups is 1. The van der Waals surface area contributed by atoms with Crippen LogP contribution in [0.4, 0.5) is 0 Å². The smallest absolute Gasteiger partial charge is 0.220 e. The van der Waals surface area contributed by atoms with E-state index in [1.165, 1.54) is 0 Å². The lowest BCUT2D eigenvalue weighted by Gasteiger charge is -2.12. The van der Waals surface area contributed by atoms with E-state index in [0.29, 0.717) is 41.6 Å². The second kappa shape index (κ2) is 8.99. The van der Waals surface area contributed by atoms with Crippen LogP contribution in [0.3, 0.4) is 0 Å². The van der Waals surface area contributed by atoms with Crippen LogP contribution in [-0.4, -0.2) is 31.5 Å². The number of nitrogens with zero attached hydrogens (tertiary/aromatic N) is 1. The van der Waals surface area contributed by atoms with Crippen LogP contribution in [0.5, 0.6) is 0 Å². The summed E-state index contributed by atoms with van der Waals surface area (Å²) in [5.74, 6) is 0.809. The molecule has 0 spiro atoms. The summed E-state index contributed by atoms with van der Waals surface area (Å²) >= 11 is 12.0. The predicted molar refractivity (Wildman–Crippen MR) is 95.1 cm³/mol. The Bertz CT molecular complexity index is 573. The standard InChI is InChI=1S/C16H22Cl2N4O/c1-19-16(20-8-2-3-15(23)22-13-6-7-13)21-10-11-4-5-12(17)9-14(11)18/h4-5,9,13H,2-3,6-8,10H2,1H3,(H,22,23)(H2,19,20,21). The van der Waals surface area contributed by atoms with Crippen LogP contribution in [-0.2, 0) is 11.3 Å². The van der Waals surface area contributed by atoms with E-state index in [2.05, 4.69) is 20.9 Å². The van der Waals surface area contributed by atoms with Crippen molar-refractivity contribution in [3.8, 4) is 0 Å². The summed E-state index contributed by atoms with van der Waals surface area (Å²) in [4.78, 5) is 15.7. The summed E-state index contributed by atoms with van der Waals surface area (Å²) in [5.41, 5.74) is 0.947. The summed E-state index contributed by atoms with van der Waals surface area (Å²) in [5, 5.41) is 10.6. The van der Waals surface area contributed by atoms with E-state index in [4.69, 9.17) is 23.2 Å². The molecule has 7 heteroatoms. The third-order valence-electron chi connectivity index (χ3n) is 3.50. The molecule has 126 valence electrons. The second-order valence-corrected chi connectivity index (χ2v) is 6.38. The van der Waals surface area contributed by atoms with Crippen LogP contribution < -0.4 is 16.0 Å². The molecule has 3 N–H and O–H groups in total. The first-order chi connectivity index (χ1) is 11.1. The summed E-state index contributed by atoms with van der Waals surface area (Å²) in [6, 6.07) is 5.83. The molecule has 0 unspecified atom stereocenters. The molecule has 0 atom stereocenters. The fraction of sp³-hybridized carbons (Fsp3) is 0.500. The Balaban J connectivity index is 1.65. The molecule has 5 nitrogen and oxygen atoms in total. The Morgan fingerprint density at radius 1 is 1.30 bits per heavy atom. The lowest BCUT2D eigenvalue weighted by Crippen LogP contribution is -2.37. The topological polar surface area (TPSA) is 65.5 Å². The fourth-order valence-electron chi connectivity index (χ4n) is 2.05. The number of carbonyl (C=O) groups is 1. The molecule has 1 amide bonds. The number of halogens is 2. The molecule has 1 aromatic carbocycles. The van der Waals surface area contributed by atoms with Crippen molar-refractivity contribution in [2.45, 2.75) is 38.3 Å². The van der Waals surface area contributed by atoms with Gasteiger partial charge >= 0.3 is 0 Å². The van der Waals surface area contributed by atoms with Crippen molar-refractivity contribution in [1.29, 1.82) is 0 Å². The molecule has 1 fully saturated rings. The number of aliphatic imine (C=N–C) groups is 1. The van der Waals surface area contributed by atoms with Crippen LogP contribution in [0.2, 0.25) is 10.0 Å². The number of nitrogens with one attached hydrogen (secondary N) is 3. The maximum Gasteiger partial charge on any atom is 0.220 e. The van der Waals surface area contributed by atoms with Gasteiger partial charge in [-0.3, -0.25) is 9.79 Å². The Labute approximate surface area is 146 Å². The minimum atomic E-state index is 0.130. The third kappa shape index (κ3) is 6.67. The van der Waals surface area contributed by atoms with Gasteiger partial charge in [-0.15, -0.1) is 0 Å². The molecule has 0 aliphatic heterocycles. The highest BCUT2D eigenvalue weighted by atomic mass is 35.5. The normalized spacial score (nSPS) is 14.5. The maximum absolute atomic E-state index is 11.6. The number of rotatable bonds is 7. The van der Waals surface area contributed by atoms with Gasteiger partial charge in [0.15, 0.2) is 5.96 Å². The summed E-state index contributed by atoms with van der Waals surface area (Å²) in [7, 11) is 1.71. The van der Waals surface area contributed by atoms with E-state index in [-0.39, 0.29) is 5.91 Å². The Morgan fingerprint density at radius 3 is 2.74 bits per heavy atom. The molecule has 0 aromatic heterocycles. The monoisotopic (exact) mass is 356 g/mol. The molecule has 0 heterocycles. The number of hydrogen-bond acceptors (Lipinski definition) is 2. The highest BCUT2D eigenvalue weighted by Gasteiger charge is 2.22. The number of carbonyl (C=O) groups excluding carboxylic acids is 1. The van der Waals surface area contributed by atoms with Gasteiger partial charge in [0.05, 0.1) is 0 Å². The second-order valence-electron chi connectivity index (χ2n) is 5.53. The number of benzene rings is 1. The van der Waals surface area contributed by atoms with Crippen molar-refractivity contribution in [2.24, 2.45) is 4.99 Å².